The van der Waals surface area contributed by atoms with Crippen LogP contribution in [0, 0.1) is 18.7 Å². The molecule has 3 heterocycles. The summed E-state index contributed by atoms with van der Waals surface area (Å²) in [6.45, 7) is 0.498. The molecular formula is C19H18FN7. The van der Waals surface area contributed by atoms with Crippen molar-refractivity contribution in [1.29, 1.82) is 0 Å². The second-order valence-electron chi connectivity index (χ2n) is 6.29. The van der Waals surface area contributed by atoms with Crippen molar-refractivity contribution in [2.75, 3.05) is 5.32 Å². The quantitative estimate of drug-likeness (QED) is 0.543. The molecule has 3 aromatic heterocycles. The Hall–Kier alpha value is -3.47. The Bertz CT molecular complexity index is 1110. The van der Waals surface area contributed by atoms with Crippen LogP contribution in [0.5, 0.6) is 0 Å². The molecule has 7 nitrogen and oxygen atoms in total. The van der Waals surface area contributed by atoms with Gasteiger partial charge in [-0.25, -0.2) is 24.3 Å². The fraction of sp³-hybridized carbons (Fsp3) is 0.263. The molecule has 0 atom stereocenters. The van der Waals surface area contributed by atoms with E-state index < -0.39 is 0 Å². The molecule has 0 unspecified atom stereocenters. The highest BCUT2D eigenvalue weighted by Gasteiger charge is 2.24. The average Bonchev–Trinajstić information content (AvgIpc) is 3.26. The molecule has 0 saturated heterocycles. The van der Waals surface area contributed by atoms with E-state index >= 15 is 0 Å². The van der Waals surface area contributed by atoms with Gasteiger partial charge in [0.25, 0.3) is 0 Å². The van der Waals surface area contributed by atoms with E-state index in [2.05, 4.69) is 42.7 Å². The van der Waals surface area contributed by atoms with Gasteiger partial charge in [-0.3, -0.25) is 0 Å². The molecule has 27 heavy (non-hydrogen) atoms. The zero-order valence-electron chi connectivity index (χ0n) is 14.6. The van der Waals surface area contributed by atoms with Crippen molar-refractivity contribution in [2.24, 2.45) is 0 Å². The number of rotatable bonds is 4. The van der Waals surface area contributed by atoms with Crippen LogP contribution in [0.4, 0.5) is 10.2 Å². The van der Waals surface area contributed by atoms with Gasteiger partial charge >= 0.3 is 0 Å². The first kappa shape index (κ1) is 17.0. The Labute approximate surface area is 155 Å². The van der Waals surface area contributed by atoms with E-state index in [1.54, 1.807) is 18.5 Å². The van der Waals surface area contributed by atoms with Crippen LogP contribution >= 0.6 is 0 Å². The monoisotopic (exact) mass is 363 g/mol. The number of imidazole rings is 2. The van der Waals surface area contributed by atoms with Crippen LogP contribution < -0.4 is 5.32 Å². The van der Waals surface area contributed by atoms with Crippen molar-refractivity contribution in [2.45, 2.75) is 31.8 Å². The summed E-state index contributed by atoms with van der Waals surface area (Å²) < 4.78 is 15.9. The normalized spacial score (nSPS) is 13.9. The van der Waals surface area contributed by atoms with Gasteiger partial charge in [-0.05, 0) is 37.5 Å². The predicted molar refractivity (Wildman–Crippen MR) is 101 cm³/mol. The Morgan fingerprint density at radius 2 is 2.07 bits per heavy atom. The number of H-pyrrole nitrogens is 1. The summed E-state index contributed by atoms with van der Waals surface area (Å²) in [6, 6.07) is 5.15. The minimum absolute atomic E-state index is 0.234. The molecule has 136 valence electrons. The van der Waals surface area contributed by atoms with E-state index in [1.807, 2.05) is 0 Å². The molecule has 4 aromatic rings. The maximum absolute atomic E-state index is 13.7. The highest BCUT2D eigenvalue weighted by atomic mass is 19.1. The lowest BCUT2D eigenvalue weighted by molar-refractivity contribution is 0.314. The van der Waals surface area contributed by atoms with Gasteiger partial charge in [0.15, 0.2) is 11.5 Å². The lowest BCUT2D eigenvalue weighted by Crippen LogP contribution is -2.20. The predicted octanol–water partition coefficient (Wildman–Crippen LogP) is 3.43. The number of nitrogens with zero attached hydrogens (tertiary/aromatic N) is 5. The van der Waals surface area contributed by atoms with Crippen molar-refractivity contribution in [3.05, 3.63) is 42.5 Å². The number of halogens is 1. The lowest BCUT2D eigenvalue weighted by atomic mass is 9.92. The van der Waals surface area contributed by atoms with Gasteiger partial charge in [0, 0.05) is 6.04 Å². The SMILES string of the molecule is C#C.Fc1ccc2nc(CNc3ncnc4nc[nH]c34)n(C3CCC3)c2c1. The minimum atomic E-state index is -0.234. The van der Waals surface area contributed by atoms with Gasteiger partial charge in [0.2, 0.25) is 0 Å². The fourth-order valence-electron chi connectivity index (χ4n) is 3.35. The summed E-state index contributed by atoms with van der Waals surface area (Å²) in [7, 11) is 0. The Morgan fingerprint density at radius 1 is 1.22 bits per heavy atom. The van der Waals surface area contributed by atoms with Crippen molar-refractivity contribution in [3.63, 3.8) is 0 Å². The van der Waals surface area contributed by atoms with Gasteiger partial charge in [0.1, 0.15) is 23.5 Å². The number of fused-ring (bicyclic) bond motifs is 2. The van der Waals surface area contributed by atoms with Gasteiger partial charge in [-0.1, -0.05) is 0 Å². The molecule has 1 saturated carbocycles. The van der Waals surface area contributed by atoms with Crippen molar-refractivity contribution >= 4 is 28.0 Å². The van der Waals surface area contributed by atoms with Crippen LogP contribution in [0.3, 0.4) is 0 Å². The highest BCUT2D eigenvalue weighted by molar-refractivity contribution is 5.82. The third kappa shape index (κ3) is 2.97. The number of aromatic nitrogens is 6. The molecule has 1 aromatic carbocycles. The summed E-state index contributed by atoms with van der Waals surface area (Å²) in [5.41, 5.74) is 3.06. The van der Waals surface area contributed by atoms with E-state index in [-0.39, 0.29) is 5.82 Å². The maximum Gasteiger partial charge on any atom is 0.182 e. The minimum Gasteiger partial charge on any atom is -0.361 e. The number of terminal acetylenes is 1. The summed E-state index contributed by atoms with van der Waals surface area (Å²) >= 11 is 0. The van der Waals surface area contributed by atoms with Crippen LogP contribution in [-0.4, -0.2) is 29.5 Å². The molecule has 2 N–H and O–H groups in total. The number of aromatic amines is 1. The molecule has 1 aliphatic carbocycles. The third-order valence-electron chi connectivity index (χ3n) is 4.80. The molecule has 1 aliphatic rings. The number of hydrogen-bond donors (Lipinski definition) is 2. The Kier molecular flexibility index (Phi) is 4.42. The fourth-order valence-corrected chi connectivity index (χ4v) is 3.35. The molecule has 5 rings (SSSR count). The first-order chi connectivity index (χ1) is 13.3. The molecule has 8 heteroatoms. The van der Waals surface area contributed by atoms with Crippen LogP contribution in [0.1, 0.15) is 31.1 Å². The Balaban J connectivity index is 0.000000872. The third-order valence-corrected chi connectivity index (χ3v) is 4.80. The standard InChI is InChI=1S/C17H16FN7.C2H2/c18-10-4-5-12-13(6-10)25(11-2-1-3-11)14(24-12)7-19-16-15-17(21-8-20-15)23-9-22-16;1-2/h4-6,8-9,11H,1-3,7H2,(H2,19,20,21,22,23);1-2H. The van der Waals surface area contributed by atoms with Gasteiger partial charge in [-0.15, -0.1) is 12.8 Å². The van der Waals surface area contributed by atoms with E-state index in [4.69, 9.17) is 4.98 Å². The van der Waals surface area contributed by atoms with E-state index in [0.717, 1.165) is 35.2 Å². The first-order valence-corrected chi connectivity index (χ1v) is 8.67. The summed E-state index contributed by atoms with van der Waals surface area (Å²) in [5, 5.41) is 3.31. The van der Waals surface area contributed by atoms with Crippen LogP contribution in [0.25, 0.3) is 22.2 Å². The van der Waals surface area contributed by atoms with E-state index in [0.29, 0.717) is 24.1 Å². The molecule has 0 spiro atoms. The summed E-state index contributed by atoms with van der Waals surface area (Å²) in [4.78, 5) is 20.3. The molecule has 0 amide bonds. The smallest absolute Gasteiger partial charge is 0.182 e. The largest absolute Gasteiger partial charge is 0.361 e. The van der Waals surface area contributed by atoms with Crippen molar-refractivity contribution in [3.8, 4) is 12.8 Å². The number of hydrogen-bond acceptors (Lipinski definition) is 5. The summed E-state index contributed by atoms with van der Waals surface area (Å²) in [5.74, 6) is 1.33. The average molecular weight is 363 g/mol. The summed E-state index contributed by atoms with van der Waals surface area (Å²) in [6.07, 6.45) is 14.5. The van der Waals surface area contributed by atoms with Gasteiger partial charge < -0.3 is 14.9 Å². The van der Waals surface area contributed by atoms with Crippen LogP contribution in [0.15, 0.2) is 30.9 Å². The molecule has 0 radical (unpaired) electrons. The second kappa shape index (κ2) is 7.03. The molecule has 0 bridgehead atoms. The Morgan fingerprint density at radius 3 is 2.85 bits per heavy atom. The number of nitrogens with one attached hydrogen (secondary N) is 2. The molecular weight excluding hydrogens is 345 g/mol. The number of benzene rings is 1. The topological polar surface area (TPSA) is 84.3 Å². The molecule has 1 fully saturated rings. The van der Waals surface area contributed by atoms with Gasteiger partial charge in [0.05, 0.1) is 23.9 Å². The first-order valence-electron chi connectivity index (χ1n) is 8.67. The molecule has 0 aliphatic heterocycles. The lowest BCUT2D eigenvalue weighted by Gasteiger charge is -2.29. The zero-order chi connectivity index (χ0) is 18.8. The van der Waals surface area contributed by atoms with Crippen molar-refractivity contribution in [1.82, 2.24) is 29.5 Å². The van der Waals surface area contributed by atoms with Gasteiger partial charge in [-0.2, -0.15) is 0 Å². The zero-order valence-corrected chi connectivity index (χ0v) is 14.6. The van der Waals surface area contributed by atoms with Crippen molar-refractivity contribution < 1.29 is 4.39 Å². The van der Waals surface area contributed by atoms with Crippen LogP contribution in [-0.2, 0) is 6.54 Å². The maximum atomic E-state index is 13.7. The van der Waals surface area contributed by atoms with Crippen LogP contribution in [0.2, 0.25) is 0 Å². The number of anilines is 1. The second-order valence-corrected chi connectivity index (χ2v) is 6.29. The highest BCUT2D eigenvalue weighted by Crippen LogP contribution is 2.36. The van der Waals surface area contributed by atoms with E-state index in [9.17, 15) is 4.39 Å². The van der Waals surface area contributed by atoms with E-state index in [1.165, 1.54) is 18.8 Å².